The molecular weight excluding hydrogens is 150 g/mol. The molecule has 12 heavy (non-hydrogen) atoms. The second kappa shape index (κ2) is 3.88. The SMILES string of the molecule is CC(CC#N)NC1(C)CCNC1. The Morgan fingerprint density at radius 2 is 2.50 bits per heavy atom. The molecule has 0 aromatic heterocycles. The van der Waals surface area contributed by atoms with Gasteiger partial charge in [-0.1, -0.05) is 0 Å². The third kappa shape index (κ3) is 2.47. The summed E-state index contributed by atoms with van der Waals surface area (Å²) in [6.07, 6.45) is 1.75. The van der Waals surface area contributed by atoms with Gasteiger partial charge in [-0.3, -0.25) is 0 Å². The van der Waals surface area contributed by atoms with Gasteiger partial charge in [-0.15, -0.1) is 0 Å². The fourth-order valence-electron chi connectivity index (χ4n) is 1.72. The van der Waals surface area contributed by atoms with Gasteiger partial charge in [-0.2, -0.15) is 5.26 Å². The van der Waals surface area contributed by atoms with Crippen molar-refractivity contribution >= 4 is 0 Å². The summed E-state index contributed by atoms with van der Waals surface area (Å²) in [7, 11) is 0. The van der Waals surface area contributed by atoms with E-state index in [0.29, 0.717) is 12.5 Å². The van der Waals surface area contributed by atoms with Crippen molar-refractivity contribution in [1.29, 1.82) is 5.26 Å². The highest BCUT2D eigenvalue weighted by molar-refractivity contribution is 4.94. The molecule has 0 bridgehead atoms. The van der Waals surface area contributed by atoms with E-state index in [2.05, 4.69) is 30.6 Å². The van der Waals surface area contributed by atoms with E-state index in [9.17, 15) is 0 Å². The van der Waals surface area contributed by atoms with Crippen LogP contribution in [-0.4, -0.2) is 24.7 Å². The number of rotatable bonds is 3. The quantitative estimate of drug-likeness (QED) is 0.648. The molecule has 2 unspecified atom stereocenters. The Morgan fingerprint density at radius 3 is 3.00 bits per heavy atom. The lowest BCUT2D eigenvalue weighted by Gasteiger charge is -2.27. The standard InChI is InChI=1S/C9H17N3/c1-8(3-5-10)12-9(2)4-6-11-7-9/h8,11-12H,3-4,6-7H2,1-2H3. The van der Waals surface area contributed by atoms with E-state index in [-0.39, 0.29) is 5.54 Å². The molecule has 2 N–H and O–H groups in total. The predicted octanol–water partition coefficient (Wildman–Crippen LogP) is 0.630. The van der Waals surface area contributed by atoms with Crippen molar-refractivity contribution in [3.05, 3.63) is 0 Å². The van der Waals surface area contributed by atoms with Crippen LogP contribution in [0.1, 0.15) is 26.7 Å². The van der Waals surface area contributed by atoms with Crippen LogP contribution in [0, 0.1) is 11.3 Å². The number of hydrogen-bond acceptors (Lipinski definition) is 3. The lowest BCUT2D eigenvalue weighted by atomic mass is 10.00. The van der Waals surface area contributed by atoms with E-state index in [0.717, 1.165) is 19.5 Å². The fraction of sp³-hybridized carbons (Fsp3) is 0.889. The molecule has 0 aromatic carbocycles. The number of nitriles is 1. The molecule has 1 heterocycles. The van der Waals surface area contributed by atoms with E-state index >= 15 is 0 Å². The summed E-state index contributed by atoms with van der Waals surface area (Å²) in [5.74, 6) is 0. The zero-order valence-corrected chi connectivity index (χ0v) is 7.85. The van der Waals surface area contributed by atoms with Gasteiger partial charge in [0.15, 0.2) is 0 Å². The summed E-state index contributed by atoms with van der Waals surface area (Å²) in [6, 6.07) is 2.48. The minimum Gasteiger partial charge on any atom is -0.315 e. The second-order valence-electron chi connectivity index (χ2n) is 3.90. The number of hydrogen-bond donors (Lipinski definition) is 2. The molecule has 0 radical (unpaired) electrons. The first-order valence-electron chi connectivity index (χ1n) is 4.52. The smallest absolute Gasteiger partial charge is 0.0638 e. The minimum absolute atomic E-state index is 0.205. The minimum atomic E-state index is 0.205. The highest BCUT2D eigenvalue weighted by atomic mass is 15.1. The Bertz CT molecular complexity index is 177. The van der Waals surface area contributed by atoms with Crippen LogP contribution in [0.4, 0.5) is 0 Å². The van der Waals surface area contributed by atoms with Crippen molar-refractivity contribution in [1.82, 2.24) is 10.6 Å². The van der Waals surface area contributed by atoms with Crippen molar-refractivity contribution in [2.75, 3.05) is 13.1 Å². The molecule has 0 amide bonds. The summed E-state index contributed by atoms with van der Waals surface area (Å²) in [6.45, 7) is 6.37. The normalized spacial score (nSPS) is 31.4. The van der Waals surface area contributed by atoms with Crippen LogP contribution >= 0.6 is 0 Å². The third-order valence-corrected chi connectivity index (χ3v) is 2.36. The van der Waals surface area contributed by atoms with Gasteiger partial charge in [0.2, 0.25) is 0 Å². The Labute approximate surface area is 74.1 Å². The third-order valence-electron chi connectivity index (χ3n) is 2.36. The molecule has 2 atom stereocenters. The Hall–Kier alpha value is -0.590. The van der Waals surface area contributed by atoms with Crippen LogP contribution < -0.4 is 10.6 Å². The molecule has 0 saturated carbocycles. The van der Waals surface area contributed by atoms with E-state index in [4.69, 9.17) is 5.26 Å². The van der Waals surface area contributed by atoms with Crippen LogP contribution in [0.25, 0.3) is 0 Å². The first-order chi connectivity index (χ1) is 5.66. The van der Waals surface area contributed by atoms with Gasteiger partial charge in [0.05, 0.1) is 12.5 Å². The lowest BCUT2D eigenvalue weighted by Crippen LogP contribution is -2.48. The lowest BCUT2D eigenvalue weighted by molar-refractivity contribution is 0.345. The summed E-state index contributed by atoms with van der Waals surface area (Å²) < 4.78 is 0. The zero-order chi connectivity index (χ0) is 9.03. The molecular formula is C9H17N3. The monoisotopic (exact) mass is 167 g/mol. The number of nitrogens with one attached hydrogen (secondary N) is 2. The van der Waals surface area contributed by atoms with Crippen LogP contribution in [0.5, 0.6) is 0 Å². The van der Waals surface area contributed by atoms with Crippen molar-refractivity contribution in [2.45, 2.75) is 38.3 Å². The van der Waals surface area contributed by atoms with Gasteiger partial charge in [0.1, 0.15) is 0 Å². The molecule has 1 fully saturated rings. The highest BCUT2D eigenvalue weighted by Gasteiger charge is 2.28. The average molecular weight is 167 g/mol. The van der Waals surface area contributed by atoms with Crippen LogP contribution in [-0.2, 0) is 0 Å². The summed E-state index contributed by atoms with van der Waals surface area (Å²) in [5.41, 5.74) is 0.205. The Morgan fingerprint density at radius 1 is 1.75 bits per heavy atom. The first-order valence-corrected chi connectivity index (χ1v) is 4.52. The topological polar surface area (TPSA) is 47.9 Å². The molecule has 3 nitrogen and oxygen atoms in total. The van der Waals surface area contributed by atoms with E-state index in [1.54, 1.807) is 0 Å². The second-order valence-corrected chi connectivity index (χ2v) is 3.90. The molecule has 1 saturated heterocycles. The zero-order valence-electron chi connectivity index (χ0n) is 7.85. The van der Waals surface area contributed by atoms with Gasteiger partial charge in [0, 0.05) is 18.1 Å². The Kier molecular flexibility index (Phi) is 3.07. The highest BCUT2D eigenvalue weighted by Crippen LogP contribution is 2.14. The van der Waals surface area contributed by atoms with E-state index < -0.39 is 0 Å². The van der Waals surface area contributed by atoms with Crippen molar-refractivity contribution < 1.29 is 0 Å². The molecule has 3 heteroatoms. The molecule has 0 aromatic rings. The molecule has 1 aliphatic rings. The number of nitrogens with zero attached hydrogens (tertiary/aromatic N) is 1. The van der Waals surface area contributed by atoms with E-state index in [1.807, 2.05) is 0 Å². The molecule has 68 valence electrons. The van der Waals surface area contributed by atoms with Crippen molar-refractivity contribution in [3.63, 3.8) is 0 Å². The largest absolute Gasteiger partial charge is 0.315 e. The Balaban J connectivity index is 2.34. The molecule has 1 rings (SSSR count). The summed E-state index contributed by atoms with van der Waals surface area (Å²) in [5, 5.41) is 15.3. The summed E-state index contributed by atoms with van der Waals surface area (Å²) in [4.78, 5) is 0. The molecule has 0 spiro atoms. The van der Waals surface area contributed by atoms with E-state index in [1.165, 1.54) is 0 Å². The first kappa shape index (κ1) is 9.50. The van der Waals surface area contributed by atoms with Crippen molar-refractivity contribution in [2.24, 2.45) is 0 Å². The molecule has 1 aliphatic heterocycles. The van der Waals surface area contributed by atoms with Gasteiger partial charge in [-0.05, 0) is 26.8 Å². The van der Waals surface area contributed by atoms with Gasteiger partial charge < -0.3 is 10.6 Å². The van der Waals surface area contributed by atoms with Gasteiger partial charge >= 0.3 is 0 Å². The van der Waals surface area contributed by atoms with Crippen LogP contribution in [0.3, 0.4) is 0 Å². The van der Waals surface area contributed by atoms with Crippen LogP contribution in [0.2, 0.25) is 0 Å². The predicted molar refractivity (Wildman–Crippen MR) is 48.7 cm³/mol. The maximum atomic E-state index is 8.49. The van der Waals surface area contributed by atoms with Crippen molar-refractivity contribution in [3.8, 4) is 6.07 Å². The van der Waals surface area contributed by atoms with Gasteiger partial charge in [0.25, 0.3) is 0 Å². The van der Waals surface area contributed by atoms with Crippen LogP contribution in [0.15, 0.2) is 0 Å². The maximum absolute atomic E-state index is 8.49. The van der Waals surface area contributed by atoms with Gasteiger partial charge in [-0.25, -0.2) is 0 Å². The maximum Gasteiger partial charge on any atom is 0.0638 e. The fourth-order valence-corrected chi connectivity index (χ4v) is 1.72. The average Bonchev–Trinajstić information content (AvgIpc) is 2.36. The molecule has 0 aliphatic carbocycles. The summed E-state index contributed by atoms with van der Waals surface area (Å²) >= 11 is 0.